The van der Waals surface area contributed by atoms with Crippen molar-refractivity contribution in [2.45, 2.75) is 31.2 Å². The van der Waals surface area contributed by atoms with Gasteiger partial charge < -0.3 is 19.6 Å². The van der Waals surface area contributed by atoms with Crippen LogP contribution in [-0.4, -0.2) is 77.4 Å². The largest absolute Gasteiger partial charge is 0.341 e. The molecule has 0 aromatic heterocycles. The summed E-state index contributed by atoms with van der Waals surface area (Å²) in [6.45, 7) is 2.99. The second kappa shape index (κ2) is 9.29. The van der Waals surface area contributed by atoms with Gasteiger partial charge in [-0.1, -0.05) is 29.8 Å². The van der Waals surface area contributed by atoms with E-state index in [4.69, 9.17) is 11.6 Å². The minimum atomic E-state index is -0.747. The Bertz CT molecular complexity index is 1060. The third-order valence-corrected chi connectivity index (χ3v) is 7.59. The Morgan fingerprint density at radius 3 is 2.15 bits per heavy atom. The number of benzene rings is 2. The van der Waals surface area contributed by atoms with Gasteiger partial charge in [-0.25, -0.2) is 0 Å². The molecule has 2 aromatic carbocycles. The van der Waals surface area contributed by atoms with Gasteiger partial charge in [-0.2, -0.15) is 0 Å². The fourth-order valence-electron chi connectivity index (χ4n) is 5.41. The molecule has 0 N–H and O–H groups in total. The van der Waals surface area contributed by atoms with Gasteiger partial charge in [0.05, 0.1) is 6.67 Å². The highest BCUT2D eigenvalue weighted by Crippen LogP contribution is 2.39. The summed E-state index contributed by atoms with van der Waals surface area (Å²) < 4.78 is 0. The first kappa shape index (κ1) is 22.7. The first-order valence-electron chi connectivity index (χ1n) is 11.9. The molecule has 5 rings (SSSR count). The van der Waals surface area contributed by atoms with E-state index in [2.05, 4.69) is 4.90 Å². The summed E-state index contributed by atoms with van der Waals surface area (Å²) in [7, 11) is 0. The molecule has 1 spiro atoms. The molecule has 3 fully saturated rings. The van der Waals surface area contributed by atoms with Crippen LogP contribution in [0.5, 0.6) is 0 Å². The summed E-state index contributed by atoms with van der Waals surface area (Å²) in [5.41, 5.74) is 0.809. The molecule has 3 saturated heterocycles. The topological polar surface area (TPSA) is 64.2 Å². The van der Waals surface area contributed by atoms with Crippen molar-refractivity contribution in [3.8, 4) is 0 Å². The third-order valence-electron chi connectivity index (χ3n) is 7.34. The number of rotatable bonds is 4. The summed E-state index contributed by atoms with van der Waals surface area (Å²) >= 11 is 5.97. The first-order valence-corrected chi connectivity index (χ1v) is 12.3. The zero-order valence-electron chi connectivity index (χ0n) is 19.2. The predicted molar refractivity (Wildman–Crippen MR) is 131 cm³/mol. The Labute approximate surface area is 204 Å². The molecule has 7 nitrogen and oxygen atoms in total. The molecule has 0 radical (unpaired) electrons. The number of carbonyl (C=O) groups is 3. The van der Waals surface area contributed by atoms with Crippen LogP contribution in [0, 0.1) is 0 Å². The number of carbonyl (C=O) groups excluding carboxylic acids is 3. The molecule has 0 unspecified atom stereocenters. The van der Waals surface area contributed by atoms with E-state index >= 15 is 0 Å². The van der Waals surface area contributed by atoms with Crippen LogP contribution in [0.3, 0.4) is 0 Å². The van der Waals surface area contributed by atoms with Crippen molar-refractivity contribution >= 4 is 35.0 Å². The van der Waals surface area contributed by atoms with Gasteiger partial charge in [0, 0.05) is 42.5 Å². The number of amides is 3. The van der Waals surface area contributed by atoms with Crippen LogP contribution in [0.25, 0.3) is 0 Å². The molecule has 178 valence electrons. The van der Waals surface area contributed by atoms with E-state index in [0.29, 0.717) is 43.2 Å². The standard InChI is InChI=1S/C26H29ClN4O3/c27-21-10-8-20(9-11-21)24(33)29-16-12-26(13-17-29)25(34)30(18-23(32)28-14-4-5-15-28)19-31(26)22-6-2-1-3-7-22/h1-3,6-11H,4-5,12-19H2. The van der Waals surface area contributed by atoms with E-state index in [1.807, 2.05) is 40.1 Å². The van der Waals surface area contributed by atoms with Crippen LogP contribution < -0.4 is 4.90 Å². The van der Waals surface area contributed by atoms with Crippen LogP contribution in [0.15, 0.2) is 54.6 Å². The lowest BCUT2D eigenvalue weighted by Gasteiger charge is -2.43. The Kier molecular flexibility index (Phi) is 6.21. The normalized spacial score (nSPS) is 19.9. The van der Waals surface area contributed by atoms with E-state index in [9.17, 15) is 14.4 Å². The second-order valence-electron chi connectivity index (χ2n) is 9.33. The molecule has 8 heteroatoms. The summed E-state index contributed by atoms with van der Waals surface area (Å²) in [5.74, 6) is -0.0435. The van der Waals surface area contributed by atoms with Gasteiger partial charge in [0.15, 0.2) is 0 Å². The van der Waals surface area contributed by atoms with Crippen molar-refractivity contribution in [3.63, 3.8) is 0 Å². The van der Waals surface area contributed by atoms with Crippen molar-refractivity contribution in [1.82, 2.24) is 14.7 Å². The highest BCUT2D eigenvalue weighted by Gasteiger charge is 2.54. The maximum Gasteiger partial charge on any atom is 0.253 e. The first-order chi connectivity index (χ1) is 16.5. The van der Waals surface area contributed by atoms with Gasteiger partial charge in [0.25, 0.3) is 11.8 Å². The van der Waals surface area contributed by atoms with Crippen molar-refractivity contribution in [1.29, 1.82) is 0 Å². The Balaban J connectivity index is 1.35. The van der Waals surface area contributed by atoms with E-state index < -0.39 is 5.54 Å². The lowest BCUT2D eigenvalue weighted by molar-refractivity contribution is -0.140. The zero-order chi connectivity index (χ0) is 23.7. The van der Waals surface area contributed by atoms with Crippen LogP contribution in [0.2, 0.25) is 5.02 Å². The minimum Gasteiger partial charge on any atom is -0.341 e. The van der Waals surface area contributed by atoms with Crippen molar-refractivity contribution in [2.75, 3.05) is 44.3 Å². The molecule has 0 bridgehead atoms. The Hall–Kier alpha value is -3.06. The van der Waals surface area contributed by atoms with Crippen molar-refractivity contribution in [2.24, 2.45) is 0 Å². The van der Waals surface area contributed by atoms with Gasteiger partial charge in [0.1, 0.15) is 12.1 Å². The fraction of sp³-hybridized carbons (Fsp3) is 0.423. The molecule has 0 aliphatic carbocycles. The number of anilines is 1. The number of hydrogen-bond acceptors (Lipinski definition) is 4. The van der Waals surface area contributed by atoms with E-state index in [1.54, 1.807) is 29.2 Å². The summed E-state index contributed by atoms with van der Waals surface area (Å²) in [4.78, 5) is 47.2. The van der Waals surface area contributed by atoms with Crippen molar-refractivity contribution < 1.29 is 14.4 Å². The molecular formula is C26H29ClN4O3. The van der Waals surface area contributed by atoms with Crippen LogP contribution >= 0.6 is 11.6 Å². The van der Waals surface area contributed by atoms with Crippen LogP contribution in [0.4, 0.5) is 5.69 Å². The van der Waals surface area contributed by atoms with Crippen LogP contribution in [0.1, 0.15) is 36.0 Å². The maximum absolute atomic E-state index is 13.8. The average molecular weight is 481 g/mol. The Morgan fingerprint density at radius 2 is 1.50 bits per heavy atom. The summed E-state index contributed by atoms with van der Waals surface area (Å²) in [5, 5.41) is 0.591. The molecule has 3 amide bonds. The maximum atomic E-state index is 13.8. The smallest absolute Gasteiger partial charge is 0.253 e. The Morgan fingerprint density at radius 1 is 0.853 bits per heavy atom. The molecule has 3 aliphatic rings. The lowest BCUT2D eigenvalue weighted by Crippen LogP contribution is -2.57. The minimum absolute atomic E-state index is 0.0116. The van der Waals surface area contributed by atoms with Gasteiger partial charge in [0.2, 0.25) is 5.91 Å². The lowest BCUT2D eigenvalue weighted by atomic mass is 9.85. The summed E-state index contributed by atoms with van der Waals surface area (Å²) in [6, 6.07) is 16.8. The van der Waals surface area contributed by atoms with Crippen LogP contribution in [-0.2, 0) is 9.59 Å². The number of hydrogen-bond donors (Lipinski definition) is 0. The molecule has 0 atom stereocenters. The summed E-state index contributed by atoms with van der Waals surface area (Å²) in [6.07, 6.45) is 3.09. The SMILES string of the molecule is O=C(CN1CN(c2ccccc2)C2(CCN(C(=O)c3ccc(Cl)cc3)CC2)C1=O)N1CCCC1. The number of nitrogens with zero attached hydrogens (tertiary/aromatic N) is 4. The molecule has 3 heterocycles. The van der Waals surface area contributed by atoms with Gasteiger partial charge in [-0.3, -0.25) is 14.4 Å². The number of piperidine rings is 1. The van der Waals surface area contributed by atoms with Gasteiger partial charge in [-0.15, -0.1) is 0 Å². The third kappa shape index (κ3) is 4.13. The predicted octanol–water partition coefficient (Wildman–Crippen LogP) is 3.24. The number of para-hydroxylation sites is 1. The second-order valence-corrected chi connectivity index (χ2v) is 9.76. The molecule has 34 heavy (non-hydrogen) atoms. The number of likely N-dealkylation sites (tertiary alicyclic amines) is 2. The average Bonchev–Trinajstić information content (AvgIpc) is 3.49. The van der Waals surface area contributed by atoms with E-state index in [0.717, 1.165) is 31.6 Å². The number of halogens is 1. The quantitative estimate of drug-likeness (QED) is 0.674. The molecule has 2 aromatic rings. The highest BCUT2D eigenvalue weighted by atomic mass is 35.5. The van der Waals surface area contributed by atoms with E-state index in [-0.39, 0.29) is 24.3 Å². The van der Waals surface area contributed by atoms with Gasteiger partial charge in [-0.05, 0) is 62.1 Å². The van der Waals surface area contributed by atoms with Crippen molar-refractivity contribution in [3.05, 3.63) is 65.2 Å². The molecule has 3 aliphatic heterocycles. The molecule has 0 saturated carbocycles. The zero-order valence-corrected chi connectivity index (χ0v) is 19.9. The van der Waals surface area contributed by atoms with E-state index in [1.165, 1.54) is 0 Å². The highest BCUT2D eigenvalue weighted by molar-refractivity contribution is 6.30. The molecular weight excluding hydrogens is 452 g/mol. The monoisotopic (exact) mass is 480 g/mol. The fourth-order valence-corrected chi connectivity index (χ4v) is 5.53. The van der Waals surface area contributed by atoms with Gasteiger partial charge >= 0.3 is 0 Å².